The molecule has 3 heteroatoms. The highest BCUT2D eigenvalue weighted by Gasteiger charge is 2.02. The Morgan fingerprint density at radius 2 is 2.29 bits per heavy atom. The minimum absolute atomic E-state index is 0.270. The molecular weight excluding hydrogens is 178 g/mol. The lowest BCUT2D eigenvalue weighted by Gasteiger charge is -2.11. The highest BCUT2D eigenvalue weighted by atomic mass is 16.3. The van der Waals surface area contributed by atoms with Gasteiger partial charge in [0.05, 0.1) is 6.54 Å². The Morgan fingerprint density at radius 3 is 2.86 bits per heavy atom. The normalized spacial score (nSPS) is 13.1. The van der Waals surface area contributed by atoms with Gasteiger partial charge in [0, 0.05) is 12.6 Å². The summed E-state index contributed by atoms with van der Waals surface area (Å²) in [7, 11) is 0. The first-order valence-corrected chi connectivity index (χ1v) is 5.12. The van der Waals surface area contributed by atoms with Crippen molar-refractivity contribution in [3.05, 3.63) is 23.7 Å². The average Bonchev–Trinajstić information content (AvgIpc) is 2.58. The molecule has 1 aromatic heterocycles. The molecule has 14 heavy (non-hydrogen) atoms. The number of aryl methyl sites for hydroxylation is 1. The molecule has 0 bridgehead atoms. The molecule has 0 radical (unpaired) electrons. The Labute approximate surface area is 85.1 Å². The first-order chi connectivity index (χ1) is 6.72. The highest BCUT2D eigenvalue weighted by molar-refractivity contribution is 5.05. The molecule has 80 valence electrons. The Kier molecular flexibility index (Phi) is 4.70. The van der Waals surface area contributed by atoms with E-state index in [-0.39, 0.29) is 6.61 Å². The maximum absolute atomic E-state index is 8.66. The van der Waals surface area contributed by atoms with E-state index >= 15 is 0 Å². The third-order valence-corrected chi connectivity index (χ3v) is 2.22. The smallest absolute Gasteiger partial charge is 0.117 e. The lowest BCUT2D eigenvalue weighted by atomic mass is 10.2. The number of nitrogens with one attached hydrogen (secondary N) is 1. The van der Waals surface area contributed by atoms with Crippen LogP contribution in [-0.4, -0.2) is 17.8 Å². The van der Waals surface area contributed by atoms with Gasteiger partial charge in [-0.15, -0.1) is 0 Å². The quantitative estimate of drug-likeness (QED) is 0.731. The standard InChI is InChI=1S/C11H19NO2/c1-9(4-3-7-13)12-8-11-6-5-10(2)14-11/h5-6,9,12-13H,3-4,7-8H2,1-2H3. The largest absolute Gasteiger partial charge is 0.465 e. The van der Waals surface area contributed by atoms with Gasteiger partial charge >= 0.3 is 0 Å². The zero-order chi connectivity index (χ0) is 10.4. The summed E-state index contributed by atoms with van der Waals surface area (Å²) >= 11 is 0. The predicted molar refractivity (Wildman–Crippen MR) is 56.1 cm³/mol. The number of furan rings is 1. The van der Waals surface area contributed by atoms with Crippen LogP contribution in [0.1, 0.15) is 31.3 Å². The molecule has 0 spiro atoms. The van der Waals surface area contributed by atoms with E-state index in [1.54, 1.807) is 0 Å². The van der Waals surface area contributed by atoms with Crippen molar-refractivity contribution in [3.8, 4) is 0 Å². The Morgan fingerprint density at radius 1 is 1.50 bits per heavy atom. The van der Waals surface area contributed by atoms with Crippen LogP contribution in [0.15, 0.2) is 16.5 Å². The minimum atomic E-state index is 0.270. The second-order valence-electron chi connectivity index (χ2n) is 3.66. The monoisotopic (exact) mass is 197 g/mol. The summed E-state index contributed by atoms with van der Waals surface area (Å²) in [6.45, 7) is 5.09. The summed E-state index contributed by atoms with van der Waals surface area (Å²) < 4.78 is 5.43. The molecule has 0 aliphatic rings. The third kappa shape index (κ3) is 3.94. The van der Waals surface area contributed by atoms with Gasteiger partial charge in [-0.05, 0) is 38.8 Å². The molecule has 0 aromatic carbocycles. The Balaban J connectivity index is 2.20. The van der Waals surface area contributed by atoms with E-state index in [0.29, 0.717) is 6.04 Å². The van der Waals surface area contributed by atoms with Crippen molar-refractivity contribution >= 4 is 0 Å². The molecule has 0 amide bonds. The molecule has 0 saturated heterocycles. The van der Waals surface area contributed by atoms with E-state index in [0.717, 1.165) is 30.9 Å². The molecule has 1 unspecified atom stereocenters. The number of aliphatic hydroxyl groups is 1. The van der Waals surface area contributed by atoms with Crippen molar-refractivity contribution in [1.29, 1.82) is 0 Å². The molecule has 0 aliphatic carbocycles. The zero-order valence-corrected chi connectivity index (χ0v) is 8.92. The number of hydrogen-bond donors (Lipinski definition) is 2. The SMILES string of the molecule is Cc1ccc(CNC(C)CCCO)o1. The van der Waals surface area contributed by atoms with Crippen molar-refractivity contribution in [1.82, 2.24) is 5.32 Å². The van der Waals surface area contributed by atoms with Gasteiger partial charge in [0.2, 0.25) is 0 Å². The fraction of sp³-hybridized carbons (Fsp3) is 0.636. The number of hydrogen-bond acceptors (Lipinski definition) is 3. The van der Waals surface area contributed by atoms with Gasteiger partial charge in [0.25, 0.3) is 0 Å². The van der Waals surface area contributed by atoms with Crippen molar-refractivity contribution in [2.45, 2.75) is 39.3 Å². The van der Waals surface area contributed by atoms with E-state index in [1.807, 2.05) is 19.1 Å². The van der Waals surface area contributed by atoms with Crippen molar-refractivity contribution in [3.63, 3.8) is 0 Å². The molecule has 0 saturated carbocycles. The van der Waals surface area contributed by atoms with Crippen molar-refractivity contribution < 1.29 is 9.52 Å². The topological polar surface area (TPSA) is 45.4 Å². The molecule has 0 aliphatic heterocycles. The summed E-state index contributed by atoms with van der Waals surface area (Å²) in [5, 5.41) is 12.0. The molecule has 3 nitrogen and oxygen atoms in total. The van der Waals surface area contributed by atoms with Crippen LogP contribution < -0.4 is 5.32 Å². The summed E-state index contributed by atoms with van der Waals surface area (Å²) in [5.41, 5.74) is 0. The van der Waals surface area contributed by atoms with E-state index in [1.165, 1.54) is 0 Å². The average molecular weight is 197 g/mol. The number of aliphatic hydroxyl groups excluding tert-OH is 1. The molecule has 1 heterocycles. The van der Waals surface area contributed by atoms with Crippen LogP contribution in [-0.2, 0) is 6.54 Å². The highest BCUT2D eigenvalue weighted by Crippen LogP contribution is 2.06. The lowest BCUT2D eigenvalue weighted by Crippen LogP contribution is -2.25. The van der Waals surface area contributed by atoms with Crippen LogP contribution in [0.3, 0.4) is 0 Å². The van der Waals surface area contributed by atoms with E-state index in [2.05, 4.69) is 12.2 Å². The first-order valence-electron chi connectivity index (χ1n) is 5.12. The molecule has 0 fully saturated rings. The van der Waals surface area contributed by atoms with Crippen LogP contribution in [0, 0.1) is 6.92 Å². The van der Waals surface area contributed by atoms with Crippen LogP contribution in [0.2, 0.25) is 0 Å². The fourth-order valence-corrected chi connectivity index (χ4v) is 1.35. The maximum Gasteiger partial charge on any atom is 0.117 e. The Bertz CT molecular complexity index is 258. The van der Waals surface area contributed by atoms with Crippen LogP contribution in [0.4, 0.5) is 0 Å². The summed E-state index contributed by atoms with van der Waals surface area (Å²) in [6.07, 6.45) is 1.85. The van der Waals surface area contributed by atoms with Gasteiger partial charge < -0.3 is 14.8 Å². The minimum Gasteiger partial charge on any atom is -0.465 e. The molecule has 2 N–H and O–H groups in total. The summed E-state index contributed by atoms with van der Waals surface area (Å²) in [5.74, 6) is 1.92. The molecule has 1 atom stereocenters. The molecule has 1 aromatic rings. The third-order valence-electron chi connectivity index (χ3n) is 2.22. The fourth-order valence-electron chi connectivity index (χ4n) is 1.35. The van der Waals surface area contributed by atoms with Gasteiger partial charge in [-0.25, -0.2) is 0 Å². The van der Waals surface area contributed by atoms with E-state index in [9.17, 15) is 0 Å². The van der Waals surface area contributed by atoms with Crippen LogP contribution in [0.5, 0.6) is 0 Å². The first kappa shape index (κ1) is 11.3. The van der Waals surface area contributed by atoms with Crippen LogP contribution >= 0.6 is 0 Å². The predicted octanol–water partition coefficient (Wildman–Crippen LogP) is 1.84. The van der Waals surface area contributed by atoms with Gasteiger partial charge in [-0.1, -0.05) is 0 Å². The van der Waals surface area contributed by atoms with Gasteiger partial charge in [0.1, 0.15) is 11.5 Å². The molecule has 1 rings (SSSR count). The van der Waals surface area contributed by atoms with Gasteiger partial charge in [-0.2, -0.15) is 0 Å². The Hall–Kier alpha value is -0.800. The van der Waals surface area contributed by atoms with E-state index in [4.69, 9.17) is 9.52 Å². The summed E-state index contributed by atoms with van der Waals surface area (Å²) in [6, 6.07) is 4.38. The second kappa shape index (κ2) is 5.83. The second-order valence-corrected chi connectivity index (χ2v) is 3.66. The van der Waals surface area contributed by atoms with Gasteiger partial charge in [0.15, 0.2) is 0 Å². The van der Waals surface area contributed by atoms with Gasteiger partial charge in [-0.3, -0.25) is 0 Å². The lowest BCUT2D eigenvalue weighted by molar-refractivity contribution is 0.275. The molecular formula is C11H19NO2. The maximum atomic E-state index is 8.66. The van der Waals surface area contributed by atoms with Crippen LogP contribution in [0.25, 0.3) is 0 Å². The summed E-state index contributed by atoms with van der Waals surface area (Å²) in [4.78, 5) is 0. The zero-order valence-electron chi connectivity index (χ0n) is 8.92. The van der Waals surface area contributed by atoms with Crippen molar-refractivity contribution in [2.24, 2.45) is 0 Å². The van der Waals surface area contributed by atoms with Crippen molar-refractivity contribution in [2.75, 3.05) is 6.61 Å². The number of rotatable bonds is 6. The van der Waals surface area contributed by atoms with E-state index < -0.39 is 0 Å².